The van der Waals surface area contributed by atoms with Gasteiger partial charge in [0.05, 0.1) is 0 Å². The Balaban J connectivity index is 1.59. The van der Waals surface area contributed by atoms with Crippen LogP contribution in [0.5, 0.6) is 0 Å². The summed E-state index contributed by atoms with van der Waals surface area (Å²) in [5.41, 5.74) is 10.0. The first-order valence-electron chi connectivity index (χ1n) is 9.71. The standard InChI is InChI=1S/C25H24OSi/c1-17-16-18-10-4-5-11-19(18)24(17)26-27(2,3)25-22-14-8-6-12-20(22)21-13-7-9-15-23(21)25/h4-15,25H,16H2,1-3H3. The molecule has 0 saturated carbocycles. The van der Waals surface area contributed by atoms with Crippen LogP contribution in [0.4, 0.5) is 0 Å². The zero-order chi connectivity index (χ0) is 18.6. The van der Waals surface area contributed by atoms with E-state index in [-0.39, 0.29) is 0 Å². The number of hydrogen-bond donors (Lipinski definition) is 0. The van der Waals surface area contributed by atoms with Gasteiger partial charge in [-0.25, -0.2) is 0 Å². The van der Waals surface area contributed by atoms with Gasteiger partial charge in [-0.3, -0.25) is 0 Å². The molecule has 0 N–H and O–H groups in total. The van der Waals surface area contributed by atoms with E-state index in [1.807, 2.05) is 0 Å². The average Bonchev–Trinajstić information content (AvgIpc) is 3.17. The largest absolute Gasteiger partial charge is 0.543 e. The van der Waals surface area contributed by atoms with Crippen molar-refractivity contribution < 1.29 is 4.43 Å². The zero-order valence-corrected chi connectivity index (χ0v) is 17.1. The number of rotatable bonds is 3. The van der Waals surface area contributed by atoms with Crippen molar-refractivity contribution in [2.45, 2.75) is 32.0 Å². The highest BCUT2D eigenvalue weighted by molar-refractivity contribution is 6.74. The Morgan fingerprint density at radius 3 is 1.89 bits per heavy atom. The van der Waals surface area contributed by atoms with Crippen LogP contribution in [0.2, 0.25) is 13.1 Å². The maximum Gasteiger partial charge on any atom is 0.256 e. The number of allylic oxidation sites excluding steroid dienone is 1. The van der Waals surface area contributed by atoms with Crippen molar-refractivity contribution in [3.05, 3.63) is 101 Å². The van der Waals surface area contributed by atoms with Crippen molar-refractivity contribution >= 4 is 14.1 Å². The van der Waals surface area contributed by atoms with Gasteiger partial charge in [-0.15, -0.1) is 0 Å². The van der Waals surface area contributed by atoms with Crippen LogP contribution in [0.25, 0.3) is 16.9 Å². The molecule has 5 rings (SSSR count). The quantitative estimate of drug-likeness (QED) is 0.476. The summed E-state index contributed by atoms with van der Waals surface area (Å²) >= 11 is 0. The fraction of sp³-hybridized carbons (Fsp3) is 0.200. The summed E-state index contributed by atoms with van der Waals surface area (Å²) in [6, 6.07) is 26.4. The van der Waals surface area contributed by atoms with E-state index in [0.29, 0.717) is 5.54 Å². The van der Waals surface area contributed by atoms with E-state index >= 15 is 0 Å². The van der Waals surface area contributed by atoms with Gasteiger partial charge in [0.1, 0.15) is 5.76 Å². The van der Waals surface area contributed by atoms with E-state index < -0.39 is 8.32 Å². The van der Waals surface area contributed by atoms with Crippen molar-refractivity contribution in [3.63, 3.8) is 0 Å². The summed E-state index contributed by atoms with van der Waals surface area (Å²) in [7, 11) is -2.11. The molecular formula is C25H24OSi. The molecule has 0 radical (unpaired) electrons. The first-order chi connectivity index (χ1) is 13.1. The third-order valence-corrected chi connectivity index (χ3v) is 8.74. The maximum absolute atomic E-state index is 6.95. The highest BCUT2D eigenvalue weighted by atomic mass is 28.4. The van der Waals surface area contributed by atoms with Crippen molar-refractivity contribution in [1.29, 1.82) is 0 Å². The summed E-state index contributed by atoms with van der Waals surface area (Å²) in [4.78, 5) is 0. The predicted octanol–water partition coefficient (Wildman–Crippen LogP) is 6.55. The van der Waals surface area contributed by atoms with Crippen LogP contribution in [-0.4, -0.2) is 8.32 Å². The Bertz CT molecular complexity index is 1030. The summed E-state index contributed by atoms with van der Waals surface area (Å²) in [6.45, 7) is 6.96. The Labute approximate surface area is 162 Å². The molecule has 134 valence electrons. The first-order valence-corrected chi connectivity index (χ1v) is 12.7. The van der Waals surface area contributed by atoms with Gasteiger partial charge < -0.3 is 4.43 Å². The second-order valence-electron chi connectivity index (χ2n) is 8.26. The van der Waals surface area contributed by atoms with Crippen LogP contribution >= 0.6 is 0 Å². The minimum Gasteiger partial charge on any atom is -0.543 e. The lowest BCUT2D eigenvalue weighted by Crippen LogP contribution is -2.38. The number of benzene rings is 3. The van der Waals surface area contributed by atoms with Gasteiger partial charge in [-0.05, 0) is 59.8 Å². The van der Waals surface area contributed by atoms with E-state index in [1.165, 1.54) is 39.0 Å². The molecule has 0 bridgehead atoms. The lowest BCUT2D eigenvalue weighted by molar-refractivity contribution is 0.494. The van der Waals surface area contributed by atoms with Crippen LogP contribution in [0, 0.1) is 0 Å². The van der Waals surface area contributed by atoms with E-state index in [1.54, 1.807) is 0 Å². The van der Waals surface area contributed by atoms with Crippen molar-refractivity contribution in [3.8, 4) is 11.1 Å². The lowest BCUT2D eigenvalue weighted by Gasteiger charge is -2.33. The van der Waals surface area contributed by atoms with Gasteiger partial charge in [0.15, 0.2) is 0 Å². The van der Waals surface area contributed by atoms with Gasteiger partial charge in [0, 0.05) is 11.1 Å². The molecule has 0 saturated heterocycles. The monoisotopic (exact) mass is 368 g/mol. The zero-order valence-electron chi connectivity index (χ0n) is 16.1. The van der Waals surface area contributed by atoms with Crippen LogP contribution in [-0.2, 0) is 10.8 Å². The van der Waals surface area contributed by atoms with E-state index in [4.69, 9.17) is 4.43 Å². The molecule has 0 atom stereocenters. The van der Waals surface area contributed by atoms with Gasteiger partial charge >= 0.3 is 0 Å². The third-order valence-electron chi connectivity index (χ3n) is 6.00. The summed E-state index contributed by atoms with van der Waals surface area (Å²) < 4.78 is 6.95. The molecule has 3 aromatic rings. The molecule has 2 aliphatic carbocycles. The molecule has 0 heterocycles. The smallest absolute Gasteiger partial charge is 0.256 e. The van der Waals surface area contributed by atoms with E-state index in [0.717, 1.165) is 12.2 Å². The summed E-state index contributed by atoms with van der Waals surface area (Å²) in [5, 5.41) is 0. The summed E-state index contributed by atoms with van der Waals surface area (Å²) in [6.07, 6.45) is 1.01. The number of fused-ring (bicyclic) bond motifs is 4. The molecule has 27 heavy (non-hydrogen) atoms. The Kier molecular flexibility index (Phi) is 3.66. The second kappa shape index (κ2) is 5.96. The maximum atomic E-state index is 6.95. The Hall–Kier alpha value is -2.58. The van der Waals surface area contributed by atoms with Gasteiger partial charge in [0.25, 0.3) is 8.32 Å². The van der Waals surface area contributed by atoms with Crippen molar-refractivity contribution in [2.24, 2.45) is 0 Å². The fourth-order valence-corrected chi connectivity index (χ4v) is 7.79. The third kappa shape index (κ3) is 2.51. The van der Waals surface area contributed by atoms with E-state index in [9.17, 15) is 0 Å². The normalized spacial score (nSPS) is 15.5. The Morgan fingerprint density at radius 1 is 0.741 bits per heavy atom. The molecule has 1 nitrogen and oxygen atoms in total. The molecule has 0 aromatic heterocycles. The topological polar surface area (TPSA) is 9.23 Å². The molecule has 2 heteroatoms. The minimum absolute atomic E-state index is 0.359. The SMILES string of the molecule is CC1=C(O[Si](C)(C)C2c3ccccc3-c3ccccc32)c2ccccc2C1. The van der Waals surface area contributed by atoms with Crippen molar-refractivity contribution in [1.82, 2.24) is 0 Å². The fourth-order valence-electron chi connectivity index (χ4n) is 4.86. The van der Waals surface area contributed by atoms with Gasteiger partial charge in [-0.1, -0.05) is 72.8 Å². The second-order valence-corrected chi connectivity index (χ2v) is 12.2. The molecule has 3 aromatic carbocycles. The molecule has 0 aliphatic heterocycles. The van der Waals surface area contributed by atoms with Gasteiger partial charge in [-0.2, -0.15) is 0 Å². The average molecular weight is 369 g/mol. The molecule has 2 aliphatic rings. The highest BCUT2D eigenvalue weighted by Gasteiger charge is 2.44. The van der Waals surface area contributed by atoms with Crippen LogP contribution in [0.3, 0.4) is 0 Å². The van der Waals surface area contributed by atoms with Crippen LogP contribution in [0.1, 0.15) is 34.7 Å². The molecule has 0 spiro atoms. The number of hydrogen-bond acceptors (Lipinski definition) is 1. The Morgan fingerprint density at radius 2 is 1.26 bits per heavy atom. The van der Waals surface area contributed by atoms with Gasteiger partial charge in [0.2, 0.25) is 0 Å². The first kappa shape index (κ1) is 16.6. The van der Waals surface area contributed by atoms with Crippen LogP contribution in [0.15, 0.2) is 78.4 Å². The molecule has 0 unspecified atom stereocenters. The highest BCUT2D eigenvalue weighted by Crippen LogP contribution is 2.50. The minimum atomic E-state index is -2.11. The predicted molar refractivity (Wildman–Crippen MR) is 115 cm³/mol. The van der Waals surface area contributed by atoms with Crippen molar-refractivity contribution in [2.75, 3.05) is 0 Å². The van der Waals surface area contributed by atoms with Crippen LogP contribution < -0.4 is 0 Å². The molecule has 0 amide bonds. The molecule has 0 fully saturated rings. The van der Waals surface area contributed by atoms with E-state index in [2.05, 4.69) is 92.8 Å². The lowest BCUT2D eigenvalue weighted by atomic mass is 10.1. The molecular weight excluding hydrogens is 344 g/mol. The summed E-state index contributed by atoms with van der Waals surface area (Å²) in [5.74, 6) is 1.13.